The van der Waals surface area contributed by atoms with Crippen LogP contribution in [0.3, 0.4) is 0 Å². The monoisotopic (exact) mass is 314 g/mol. The fourth-order valence-corrected chi connectivity index (χ4v) is 3.56. The van der Waals surface area contributed by atoms with Crippen molar-refractivity contribution in [2.45, 2.75) is 12.8 Å². The maximum absolute atomic E-state index is 12.8. The van der Waals surface area contributed by atoms with E-state index in [4.69, 9.17) is 0 Å². The first-order valence-corrected chi connectivity index (χ1v) is 8.03. The van der Waals surface area contributed by atoms with E-state index in [0.717, 1.165) is 28.9 Å². The van der Waals surface area contributed by atoms with Gasteiger partial charge in [0.25, 0.3) is 0 Å². The molecule has 0 radical (unpaired) electrons. The summed E-state index contributed by atoms with van der Waals surface area (Å²) in [5, 5.41) is 3.45. The molecule has 0 amide bonds. The van der Waals surface area contributed by atoms with Crippen LogP contribution in [-0.2, 0) is 0 Å². The number of hydrogen-bond acceptors (Lipinski definition) is 2. The minimum absolute atomic E-state index is 0.0182. The van der Waals surface area contributed by atoms with Crippen LogP contribution in [0.15, 0.2) is 46.0 Å². The van der Waals surface area contributed by atoms with Crippen molar-refractivity contribution < 1.29 is 0 Å². The molecule has 0 aliphatic heterocycles. The third kappa shape index (κ3) is 1.74. The first-order chi connectivity index (χ1) is 11.7. The Morgan fingerprint density at radius 1 is 0.708 bits per heavy atom. The van der Waals surface area contributed by atoms with E-state index in [2.05, 4.69) is 9.97 Å². The van der Waals surface area contributed by atoms with Gasteiger partial charge in [-0.25, -0.2) is 0 Å². The average Bonchev–Trinajstić information content (AvgIpc) is 2.62. The van der Waals surface area contributed by atoms with Gasteiger partial charge in [-0.05, 0) is 37.1 Å². The summed E-state index contributed by atoms with van der Waals surface area (Å²) < 4.78 is 0. The number of aromatic amines is 2. The van der Waals surface area contributed by atoms with Gasteiger partial charge in [-0.1, -0.05) is 24.3 Å². The van der Waals surface area contributed by atoms with Gasteiger partial charge in [-0.2, -0.15) is 0 Å². The Kier molecular flexibility index (Phi) is 2.59. The van der Waals surface area contributed by atoms with Crippen LogP contribution >= 0.6 is 0 Å². The molecule has 0 fully saturated rings. The molecule has 0 unspecified atom stereocenters. The third-order valence-electron chi connectivity index (χ3n) is 4.76. The molecule has 1 aliphatic rings. The van der Waals surface area contributed by atoms with E-state index in [9.17, 15) is 9.59 Å². The smallest absolute Gasteiger partial charge is 0.197 e. The summed E-state index contributed by atoms with van der Waals surface area (Å²) in [7, 11) is 0. The zero-order valence-corrected chi connectivity index (χ0v) is 12.8. The SMILES string of the molecule is O=c1c2c([nH]c3cc4c(=O)c5ccccc5[nH]c4cc13)=CCCC=2. The highest BCUT2D eigenvalue weighted by molar-refractivity contribution is 5.99. The molecule has 4 heteroatoms. The lowest BCUT2D eigenvalue weighted by molar-refractivity contribution is 1.08. The predicted molar refractivity (Wildman–Crippen MR) is 97.6 cm³/mol. The van der Waals surface area contributed by atoms with Crippen molar-refractivity contribution in [2.75, 3.05) is 0 Å². The number of benzene rings is 2. The Balaban J connectivity index is 2.05. The van der Waals surface area contributed by atoms with Gasteiger partial charge in [0.2, 0.25) is 0 Å². The van der Waals surface area contributed by atoms with Crippen LogP contribution in [0, 0.1) is 0 Å². The van der Waals surface area contributed by atoms with Crippen LogP contribution in [0.1, 0.15) is 12.8 Å². The maximum atomic E-state index is 12.8. The van der Waals surface area contributed by atoms with E-state index >= 15 is 0 Å². The summed E-state index contributed by atoms with van der Waals surface area (Å²) in [5.41, 5.74) is 2.18. The van der Waals surface area contributed by atoms with Crippen molar-refractivity contribution in [3.05, 3.63) is 67.4 Å². The Morgan fingerprint density at radius 3 is 2.29 bits per heavy atom. The normalized spacial score (nSPS) is 13.7. The summed E-state index contributed by atoms with van der Waals surface area (Å²) in [5.74, 6) is 0. The van der Waals surface area contributed by atoms with Crippen molar-refractivity contribution in [3.63, 3.8) is 0 Å². The van der Waals surface area contributed by atoms with Gasteiger partial charge < -0.3 is 9.97 Å². The lowest BCUT2D eigenvalue weighted by Crippen LogP contribution is -2.42. The maximum Gasteiger partial charge on any atom is 0.197 e. The van der Waals surface area contributed by atoms with Gasteiger partial charge in [-0.15, -0.1) is 0 Å². The molecule has 2 aromatic heterocycles. The summed E-state index contributed by atoms with van der Waals surface area (Å²) in [4.78, 5) is 32.2. The summed E-state index contributed by atoms with van der Waals surface area (Å²) in [6.07, 6.45) is 5.84. The van der Waals surface area contributed by atoms with E-state index < -0.39 is 0 Å². The van der Waals surface area contributed by atoms with Gasteiger partial charge in [0.05, 0.1) is 11.0 Å². The van der Waals surface area contributed by atoms with Crippen molar-refractivity contribution in [1.82, 2.24) is 9.97 Å². The molecular formula is C20H14N2O2. The highest BCUT2D eigenvalue weighted by Gasteiger charge is 2.10. The van der Waals surface area contributed by atoms with Crippen LogP contribution in [0.2, 0.25) is 0 Å². The molecule has 0 saturated carbocycles. The number of rotatable bonds is 0. The lowest BCUT2D eigenvalue weighted by Gasteiger charge is -2.07. The zero-order chi connectivity index (χ0) is 16.3. The van der Waals surface area contributed by atoms with Crippen LogP contribution in [0.5, 0.6) is 0 Å². The van der Waals surface area contributed by atoms with Crippen molar-refractivity contribution >= 4 is 44.9 Å². The van der Waals surface area contributed by atoms with Crippen LogP contribution < -0.4 is 21.4 Å². The average molecular weight is 314 g/mol. The van der Waals surface area contributed by atoms with E-state index in [0.29, 0.717) is 27.2 Å². The molecule has 2 heterocycles. The number of hydrogen-bond donors (Lipinski definition) is 2. The molecular weight excluding hydrogens is 300 g/mol. The molecule has 0 spiro atoms. The van der Waals surface area contributed by atoms with Crippen LogP contribution in [0.4, 0.5) is 0 Å². The van der Waals surface area contributed by atoms with Gasteiger partial charge >= 0.3 is 0 Å². The summed E-state index contributed by atoms with van der Waals surface area (Å²) in [6, 6.07) is 11.0. The van der Waals surface area contributed by atoms with Gasteiger partial charge in [0.1, 0.15) is 0 Å². The Labute approximate surface area is 135 Å². The zero-order valence-electron chi connectivity index (χ0n) is 12.8. The van der Waals surface area contributed by atoms with E-state index in [1.54, 1.807) is 12.1 Å². The molecule has 1 aliphatic carbocycles. The van der Waals surface area contributed by atoms with Gasteiger partial charge in [0, 0.05) is 32.2 Å². The fraction of sp³-hybridized carbons (Fsp3) is 0.100. The number of fused-ring (bicyclic) bond motifs is 4. The molecule has 4 aromatic rings. The second-order valence-corrected chi connectivity index (χ2v) is 6.21. The van der Waals surface area contributed by atoms with Crippen LogP contribution in [0.25, 0.3) is 44.9 Å². The van der Waals surface area contributed by atoms with Gasteiger partial charge in [-0.3, -0.25) is 9.59 Å². The van der Waals surface area contributed by atoms with Gasteiger partial charge in [0.15, 0.2) is 10.9 Å². The second kappa shape index (κ2) is 4.68. The molecule has 24 heavy (non-hydrogen) atoms. The number of nitrogens with one attached hydrogen (secondary N) is 2. The van der Waals surface area contributed by atoms with Crippen molar-refractivity contribution in [2.24, 2.45) is 0 Å². The standard InChI is InChI=1S/C20H14N2O2/c23-19-11-5-1-3-7-15(11)21-17-10-14-18(9-13(17)19)22-16-8-4-2-6-12(16)20(14)24/h1,3,5-10,22H,2,4H2,(H,21,23). The first-order valence-electron chi connectivity index (χ1n) is 8.03. The third-order valence-corrected chi connectivity index (χ3v) is 4.76. The van der Waals surface area contributed by atoms with Crippen molar-refractivity contribution in [3.8, 4) is 0 Å². The Hall–Kier alpha value is -3.14. The minimum Gasteiger partial charge on any atom is -0.355 e. The molecule has 116 valence electrons. The highest BCUT2D eigenvalue weighted by atomic mass is 16.1. The molecule has 2 N–H and O–H groups in total. The number of H-pyrrole nitrogens is 2. The minimum atomic E-state index is -0.0182. The van der Waals surface area contributed by atoms with E-state index in [1.165, 1.54) is 0 Å². The molecule has 5 rings (SSSR count). The topological polar surface area (TPSA) is 65.7 Å². The Bertz CT molecular complexity index is 1390. The highest BCUT2D eigenvalue weighted by Crippen LogP contribution is 2.18. The lowest BCUT2D eigenvalue weighted by atomic mass is 10.0. The molecule has 0 bridgehead atoms. The first kappa shape index (κ1) is 13.3. The largest absolute Gasteiger partial charge is 0.355 e. The molecule has 0 atom stereocenters. The second-order valence-electron chi connectivity index (χ2n) is 6.21. The Morgan fingerprint density at radius 2 is 1.42 bits per heavy atom. The van der Waals surface area contributed by atoms with E-state index in [-0.39, 0.29) is 10.9 Å². The summed E-state index contributed by atoms with van der Waals surface area (Å²) in [6.45, 7) is 0. The number of pyridine rings is 2. The van der Waals surface area contributed by atoms with Crippen molar-refractivity contribution in [1.29, 1.82) is 0 Å². The number of para-hydroxylation sites is 1. The fourth-order valence-electron chi connectivity index (χ4n) is 3.56. The molecule has 4 nitrogen and oxygen atoms in total. The summed E-state index contributed by atoms with van der Waals surface area (Å²) >= 11 is 0. The number of aromatic nitrogens is 2. The molecule has 0 saturated heterocycles. The quantitative estimate of drug-likeness (QED) is 0.487. The van der Waals surface area contributed by atoms with E-state index in [1.807, 2.05) is 36.4 Å². The van der Waals surface area contributed by atoms with Crippen LogP contribution in [-0.4, -0.2) is 9.97 Å². The molecule has 2 aromatic carbocycles. The predicted octanol–water partition coefficient (Wildman–Crippen LogP) is 1.88.